The average molecular weight is 1980 g/mol. The number of hydrogen-bond acceptors (Lipinski definition) is 40. The largest absolute Gasteiger partial charge is 0.479 e. The normalized spacial score (nSPS) is 43.8. The number of aliphatic hydroxyl groups excluding tert-OH is 10. The molecule has 8 heterocycles. The minimum atomic E-state index is -2.27. The van der Waals surface area contributed by atoms with Gasteiger partial charge in [0.05, 0.1) is 110 Å². The van der Waals surface area contributed by atoms with E-state index in [4.69, 9.17) is 106 Å². The van der Waals surface area contributed by atoms with Crippen molar-refractivity contribution in [1.29, 1.82) is 0 Å². The summed E-state index contributed by atoms with van der Waals surface area (Å²) in [6, 6.07) is -1.50. The SMILES string of the molecule is CC[C@@H]1OC(=O)C[C@H](O)[C@@H](C)[C@@H](O[C@@H]2O[C@H](C)[C@@H](O[C@H]3C[C@@](C)(O)[C@@H](O)[C@H](C)O3)[C@H](N(C)C)[C@H]2O)[C@@H](CC=O)C[C@@H](C)C(=O)/C=C/C(C)=C\[C@@H]1CO[C@H]1O[C@@H](C)[C@H](O)[C@H](OC)[C@@H]1OC.CC[C@@H]1OC(=O)C[C@H](O)[C@@H](C)[C@@H](O[C@@H]2O[C@H](C)[C@@H](O[C@H]3C[C@@](C)(O)[C@@H](O)[C@H](C)O3)[C@H](N(C)C)[C@H]2O)[C@@H](CC=O)C[C@@H](C)C(=O)/C=C/C(C)=C\[C@@H]1CO[C@H]1O[C@@H](C)[C@H](O)[C@H](OC)[C@@H]1OC.O=C(O)C(O)C(O)C(=O)O. The van der Waals surface area contributed by atoms with Crippen LogP contribution in [-0.4, -0.2) is 419 Å². The van der Waals surface area contributed by atoms with Gasteiger partial charge in [0.2, 0.25) is 0 Å². The third-order valence-corrected chi connectivity index (χ3v) is 27.6. The predicted octanol–water partition coefficient (Wildman–Crippen LogP) is 1.54. The fourth-order valence-electron chi connectivity index (χ4n) is 19.3. The molecule has 6 fully saturated rings. The van der Waals surface area contributed by atoms with Crippen LogP contribution < -0.4 is 0 Å². The first-order valence-corrected chi connectivity index (χ1v) is 47.6. The molecular formula is C96H160N2O40. The molecule has 0 aromatic heterocycles. The Bertz CT molecular complexity index is 3660. The first-order valence-electron chi connectivity index (χ1n) is 47.6. The third-order valence-electron chi connectivity index (χ3n) is 27.6. The molecule has 2 unspecified atom stereocenters. The van der Waals surface area contributed by atoms with Gasteiger partial charge >= 0.3 is 23.9 Å². The molecular weight excluding hydrogens is 1820 g/mol. The number of esters is 2. The number of methoxy groups -OCH3 is 4. The van der Waals surface area contributed by atoms with Crippen molar-refractivity contribution >= 4 is 48.0 Å². The maximum atomic E-state index is 13.8. The maximum Gasteiger partial charge on any atom is 0.335 e. The van der Waals surface area contributed by atoms with E-state index >= 15 is 0 Å². The lowest BCUT2D eigenvalue weighted by Crippen LogP contribution is -2.65. The maximum absolute atomic E-state index is 13.8. The lowest BCUT2D eigenvalue weighted by atomic mass is 9.79. The van der Waals surface area contributed by atoms with Gasteiger partial charge in [-0.2, -0.15) is 0 Å². The number of aliphatic carboxylic acids is 2. The molecule has 8 aliphatic heterocycles. The van der Waals surface area contributed by atoms with Crippen LogP contribution in [0.25, 0.3) is 0 Å². The van der Waals surface area contributed by atoms with Gasteiger partial charge in [-0.15, -0.1) is 0 Å². The Morgan fingerprint density at radius 2 is 0.768 bits per heavy atom. The van der Waals surface area contributed by atoms with Crippen LogP contribution in [-0.2, 0) is 124 Å². The average Bonchev–Trinajstić information content (AvgIpc) is 0.776. The molecule has 0 aromatic rings. The van der Waals surface area contributed by atoms with Crippen LogP contribution in [0.3, 0.4) is 0 Å². The minimum absolute atomic E-state index is 0.00788. The summed E-state index contributed by atoms with van der Waals surface area (Å²) in [5.41, 5.74) is -1.61. The van der Waals surface area contributed by atoms with Crippen molar-refractivity contribution in [2.75, 3.05) is 69.8 Å². The highest BCUT2D eigenvalue weighted by molar-refractivity contribution is 5.92. The van der Waals surface area contributed by atoms with Gasteiger partial charge in [-0.25, -0.2) is 9.59 Å². The van der Waals surface area contributed by atoms with Gasteiger partial charge in [-0.1, -0.05) is 77.0 Å². The molecule has 0 bridgehead atoms. The number of ketones is 2. The first-order chi connectivity index (χ1) is 64.6. The molecule has 44 atom stereocenters. The van der Waals surface area contributed by atoms with Crippen LogP contribution in [0.4, 0.5) is 0 Å². The first kappa shape index (κ1) is 121. The standard InChI is InChI=1S/2C46H77NO17.C4H6O6/c2*1-13-33-30(22-58-45-42(57-12)41(56-11)37(52)26(5)60-45)18-23(2)14-15-31(49)24(3)19-29(16-17-48)39(25(4)32(50)20-34(51)62-33)64-44-38(53)36(47(9)10)40(27(6)61-44)63-35-21-46(8,55)43(54)28(7)59-35;5-1(3(7)8)2(6)4(9)10/h2*14-15,17-18,24-30,32-33,35-45,50,52-55H,13,16,19-22H2,1-12H3;1-2,5-6H,(H,7,8)(H,9,10)/b2*15-14+,23-18-;/t2*24-,25-,26+,27-,28+,29+,30-,32+,33+,35+,36-,37+,38-,39-,40-,41+,42+,43+,44+,45+,46-;/m11./s1. The van der Waals surface area contributed by atoms with Crippen LogP contribution in [0.15, 0.2) is 47.6 Å². The molecule has 0 amide bonds. The van der Waals surface area contributed by atoms with Gasteiger partial charge in [-0.05, 0) is 147 Å². The lowest BCUT2D eigenvalue weighted by Gasteiger charge is -2.50. The number of cyclic esters (lactones) is 2. The van der Waals surface area contributed by atoms with Crippen molar-refractivity contribution in [3.63, 3.8) is 0 Å². The summed E-state index contributed by atoms with van der Waals surface area (Å²) in [4.78, 5) is 103. The molecule has 0 aromatic carbocycles. The van der Waals surface area contributed by atoms with Crippen molar-refractivity contribution in [3.05, 3.63) is 47.6 Å². The fraction of sp³-hybridized carbons (Fsp3) is 0.833. The molecule has 8 aliphatic rings. The van der Waals surface area contributed by atoms with Crippen LogP contribution >= 0.6 is 0 Å². The van der Waals surface area contributed by atoms with Crippen molar-refractivity contribution in [2.45, 2.75) is 395 Å². The molecule has 8 rings (SSSR count). The highest BCUT2D eigenvalue weighted by atomic mass is 16.8. The van der Waals surface area contributed by atoms with E-state index in [9.17, 15) is 89.4 Å². The van der Waals surface area contributed by atoms with Crippen molar-refractivity contribution in [3.8, 4) is 0 Å². The number of carboxylic acids is 2. The Hall–Kier alpha value is -5.68. The minimum Gasteiger partial charge on any atom is -0.479 e. The predicted molar refractivity (Wildman–Crippen MR) is 488 cm³/mol. The van der Waals surface area contributed by atoms with Gasteiger partial charge in [0.15, 0.2) is 61.5 Å². The van der Waals surface area contributed by atoms with Gasteiger partial charge in [-0.3, -0.25) is 19.2 Å². The molecule has 0 aliphatic carbocycles. The number of likely N-dealkylation sites (N-methyl/N-ethyl adjacent to an activating group) is 2. The number of aliphatic hydroxyl groups is 12. The van der Waals surface area contributed by atoms with Crippen LogP contribution in [0, 0.1) is 47.3 Å². The molecule has 14 N–H and O–H groups in total. The summed E-state index contributed by atoms with van der Waals surface area (Å²) in [6.45, 7) is 27.3. The van der Waals surface area contributed by atoms with E-state index in [1.54, 1.807) is 119 Å². The topological polar surface area (TPSA) is 592 Å². The quantitative estimate of drug-likeness (QED) is 0.0373. The number of carboxylic acid groups (broad SMARTS) is 2. The number of nitrogens with zero attached hydrogens (tertiary/aromatic N) is 2. The van der Waals surface area contributed by atoms with Crippen molar-refractivity contribution in [1.82, 2.24) is 9.80 Å². The monoisotopic (exact) mass is 1980 g/mol. The van der Waals surface area contributed by atoms with Crippen LogP contribution in [0.1, 0.15) is 175 Å². The number of carbonyl (C=O) groups is 8. The molecule has 6 saturated heterocycles. The zero-order valence-corrected chi connectivity index (χ0v) is 84.1. The number of allylic oxidation sites excluding steroid dienone is 6. The molecule has 42 nitrogen and oxygen atoms in total. The van der Waals surface area contributed by atoms with Crippen LogP contribution in [0.2, 0.25) is 0 Å². The summed E-state index contributed by atoms with van der Waals surface area (Å²) < 4.78 is 109. The summed E-state index contributed by atoms with van der Waals surface area (Å²) in [5.74, 6) is -10.7. The summed E-state index contributed by atoms with van der Waals surface area (Å²) >= 11 is 0. The van der Waals surface area contributed by atoms with Gasteiger partial charge in [0.1, 0.15) is 98.0 Å². The smallest absolute Gasteiger partial charge is 0.335 e. The summed E-state index contributed by atoms with van der Waals surface area (Å²) in [7, 11) is 12.9. The number of hydrogen-bond donors (Lipinski definition) is 14. The Morgan fingerprint density at radius 3 is 1.05 bits per heavy atom. The Labute approximate surface area is 809 Å². The van der Waals surface area contributed by atoms with Crippen molar-refractivity contribution < 1.29 is 195 Å². The van der Waals surface area contributed by atoms with E-state index in [1.165, 1.54) is 54.4 Å². The Balaban J connectivity index is 0.000000384. The van der Waals surface area contributed by atoms with E-state index in [1.807, 2.05) is 39.8 Å². The number of carbonyl (C=O) groups excluding carboxylic acids is 6. The van der Waals surface area contributed by atoms with Crippen molar-refractivity contribution in [2.24, 2.45) is 47.3 Å². The molecule has 794 valence electrons. The second kappa shape index (κ2) is 55.6. The molecule has 0 saturated carbocycles. The Kier molecular flexibility index (Phi) is 48.7. The van der Waals surface area contributed by atoms with Gasteiger partial charge in [0, 0.05) is 89.6 Å². The number of aldehydes is 2. The van der Waals surface area contributed by atoms with E-state index in [0.717, 1.165) is 12.6 Å². The lowest BCUT2D eigenvalue weighted by molar-refractivity contribution is -0.342. The second-order valence-corrected chi connectivity index (χ2v) is 39.1. The zero-order chi connectivity index (χ0) is 104. The number of rotatable bonds is 29. The molecule has 0 radical (unpaired) electrons. The van der Waals surface area contributed by atoms with E-state index in [2.05, 4.69) is 0 Å². The third kappa shape index (κ3) is 32.7. The zero-order valence-electron chi connectivity index (χ0n) is 84.1. The number of ether oxygens (including phenoxy) is 18. The fourth-order valence-corrected chi connectivity index (χ4v) is 19.3. The van der Waals surface area contributed by atoms with Gasteiger partial charge in [0.25, 0.3) is 0 Å². The van der Waals surface area contributed by atoms with Crippen LogP contribution in [0.5, 0.6) is 0 Å². The van der Waals surface area contributed by atoms with E-state index < -0.39 is 304 Å². The van der Waals surface area contributed by atoms with Gasteiger partial charge < -0.3 is 176 Å². The molecule has 138 heavy (non-hydrogen) atoms. The summed E-state index contributed by atoms with van der Waals surface area (Å²) in [6.07, 6.45) is -21.5. The highest BCUT2D eigenvalue weighted by Gasteiger charge is 2.56. The second-order valence-electron chi connectivity index (χ2n) is 39.1. The van der Waals surface area contributed by atoms with E-state index in [0.29, 0.717) is 24.0 Å². The Morgan fingerprint density at radius 1 is 0.449 bits per heavy atom. The molecule has 0 spiro atoms. The van der Waals surface area contributed by atoms with E-state index in [-0.39, 0.29) is 63.3 Å². The summed E-state index contributed by atoms with van der Waals surface area (Å²) in [5, 5.41) is 144. The highest BCUT2D eigenvalue weighted by Crippen LogP contribution is 2.42. The molecule has 42 heteroatoms.